The number of hydrogen-bond acceptors (Lipinski definition) is 2. The average molecular weight is 273 g/mol. The normalized spacial score (nSPS) is 10.2. The molecule has 0 unspecified atom stereocenters. The highest BCUT2D eigenvalue weighted by Crippen LogP contribution is 2.13. The summed E-state index contributed by atoms with van der Waals surface area (Å²) in [4.78, 5) is 23.2. The SMILES string of the molecule is CC(=O)c1ccc(CC(=O)c2ccc(Cl)cc2)cc1. The monoisotopic (exact) mass is 272 g/mol. The molecule has 3 heteroatoms. The van der Waals surface area contributed by atoms with Crippen molar-refractivity contribution in [2.45, 2.75) is 13.3 Å². The minimum absolute atomic E-state index is 0.0237. The minimum Gasteiger partial charge on any atom is -0.295 e. The molecule has 0 N–H and O–H groups in total. The van der Waals surface area contributed by atoms with Crippen LogP contribution in [-0.4, -0.2) is 11.6 Å². The Bertz CT molecular complexity index is 598. The lowest BCUT2D eigenvalue weighted by Crippen LogP contribution is -2.03. The van der Waals surface area contributed by atoms with E-state index < -0.39 is 0 Å². The van der Waals surface area contributed by atoms with Crippen LogP contribution in [0.1, 0.15) is 33.2 Å². The molecule has 0 radical (unpaired) electrons. The summed E-state index contributed by atoms with van der Waals surface area (Å²) in [6, 6.07) is 13.9. The van der Waals surface area contributed by atoms with Crippen molar-refractivity contribution < 1.29 is 9.59 Å². The fourth-order valence-corrected chi connectivity index (χ4v) is 1.91. The van der Waals surface area contributed by atoms with Gasteiger partial charge in [0.05, 0.1) is 0 Å². The lowest BCUT2D eigenvalue weighted by molar-refractivity contribution is 0.0991. The third-order valence-electron chi connectivity index (χ3n) is 2.89. The first kappa shape index (κ1) is 13.5. The first-order valence-electron chi connectivity index (χ1n) is 5.95. The van der Waals surface area contributed by atoms with E-state index in [0.717, 1.165) is 5.56 Å². The third-order valence-corrected chi connectivity index (χ3v) is 3.14. The topological polar surface area (TPSA) is 34.1 Å². The molecule has 0 aliphatic rings. The maximum absolute atomic E-state index is 12.0. The standard InChI is InChI=1S/C16H13ClO2/c1-11(18)13-4-2-12(3-5-13)10-16(19)14-6-8-15(17)9-7-14/h2-9H,10H2,1H3. The van der Waals surface area contributed by atoms with E-state index in [0.29, 0.717) is 22.6 Å². The van der Waals surface area contributed by atoms with Gasteiger partial charge in [0.2, 0.25) is 0 Å². The van der Waals surface area contributed by atoms with Crippen LogP contribution in [0, 0.1) is 0 Å². The Balaban J connectivity index is 2.10. The van der Waals surface area contributed by atoms with Crippen LogP contribution in [0.2, 0.25) is 5.02 Å². The number of carbonyl (C=O) groups is 2. The maximum atomic E-state index is 12.0. The molecule has 0 amide bonds. The number of halogens is 1. The third kappa shape index (κ3) is 3.52. The Morgan fingerprint density at radius 3 is 1.95 bits per heavy atom. The summed E-state index contributed by atoms with van der Waals surface area (Å²) in [7, 11) is 0. The van der Waals surface area contributed by atoms with Gasteiger partial charge >= 0.3 is 0 Å². The van der Waals surface area contributed by atoms with E-state index in [4.69, 9.17) is 11.6 Å². The van der Waals surface area contributed by atoms with Crippen molar-refractivity contribution in [2.75, 3.05) is 0 Å². The van der Waals surface area contributed by atoms with Crippen LogP contribution in [0.4, 0.5) is 0 Å². The molecule has 0 saturated carbocycles. The van der Waals surface area contributed by atoms with E-state index in [9.17, 15) is 9.59 Å². The Morgan fingerprint density at radius 2 is 1.42 bits per heavy atom. The molecule has 0 fully saturated rings. The van der Waals surface area contributed by atoms with Gasteiger partial charge < -0.3 is 0 Å². The summed E-state index contributed by atoms with van der Waals surface area (Å²) < 4.78 is 0. The molecule has 0 spiro atoms. The molecule has 2 nitrogen and oxygen atoms in total. The van der Waals surface area contributed by atoms with E-state index in [-0.39, 0.29) is 11.6 Å². The fraction of sp³-hybridized carbons (Fsp3) is 0.125. The molecular weight excluding hydrogens is 260 g/mol. The minimum atomic E-state index is 0.0237. The molecule has 0 aromatic heterocycles. The van der Waals surface area contributed by atoms with Gasteiger partial charge in [0.25, 0.3) is 0 Å². The highest BCUT2D eigenvalue weighted by Gasteiger charge is 2.07. The van der Waals surface area contributed by atoms with Crippen LogP contribution in [0.5, 0.6) is 0 Å². The number of ketones is 2. The lowest BCUT2D eigenvalue weighted by Gasteiger charge is -2.03. The summed E-state index contributed by atoms with van der Waals surface area (Å²) in [5, 5.41) is 0.613. The zero-order chi connectivity index (χ0) is 13.8. The summed E-state index contributed by atoms with van der Waals surface area (Å²) in [5.74, 6) is 0.0582. The van der Waals surface area contributed by atoms with E-state index in [1.807, 2.05) is 12.1 Å². The molecular formula is C16H13ClO2. The van der Waals surface area contributed by atoms with Crippen molar-refractivity contribution >= 4 is 23.2 Å². The first-order valence-corrected chi connectivity index (χ1v) is 6.33. The van der Waals surface area contributed by atoms with Crippen molar-refractivity contribution in [3.63, 3.8) is 0 Å². The largest absolute Gasteiger partial charge is 0.295 e. The maximum Gasteiger partial charge on any atom is 0.167 e. The number of hydrogen-bond donors (Lipinski definition) is 0. The van der Waals surface area contributed by atoms with Crippen LogP contribution in [0.3, 0.4) is 0 Å². The molecule has 0 saturated heterocycles. The molecule has 0 bridgehead atoms. The van der Waals surface area contributed by atoms with Crippen molar-refractivity contribution in [3.05, 3.63) is 70.2 Å². The molecule has 19 heavy (non-hydrogen) atoms. The second-order valence-electron chi connectivity index (χ2n) is 4.36. The Kier molecular flexibility index (Phi) is 4.13. The van der Waals surface area contributed by atoms with Crippen LogP contribution in [0.15, 0.2) is 48.5 Å². The van der Waals surface area contributed by atoms with E-state index in [2.05, 4.69) is 0 Å². The Labute approximate surface area is 117 Å². The van der Waals surface area contributed by atoms with E-state index in [1.54, 1.807) is 36.4 Å². The molecule has 0 heterocycles. The molecule has 2 aromatic carbocycles. The van der Waals surface area contributed by atoms with Crippen molar-refractivity contribution in [3.8, 4) is 0 Å². The summed E-state index contributed by atoms with van der Waals surface area (Å²) >= 11 is 5.78. The van der Waals surface area contributed by atoms with Gasteiger partial charge in [-0.3, -0.25) is 9.59 Å². The van der Waals surface area contributed by atoms with Gasteiger partial charge in [0.1, 0.15) is 0 Å². The van der Waals surface area contributed by atoms with Gasteiger partial charge in [-0.2, -0.15) is 0 Å². The molecule has 0 aliphatic heterocycles. The van der Waals surface area contributed by atoms with Gasteiger partial charge in [-0.25, -0.2) is 0 Å². The summed E-state index contributed by atoms with van der Waals surface area (Å²) in [6.45, 7) is 1.52. The number of Topliss-reactive ketones (excluding diaryl/α,β-unsaturated/α-hetero) is 2. The average Bonchev–Trinajstić information content (AvgIpc) is 2.40. The molecule has 96 valence electrons. The van der Waals surface area contributed by atoms with Gasteiger partial charge in [0.15, 0.2) is 11.6 Å². The molecule has 2 aromatic rings. The quantitative estimate of drug-likeness (QED) is 0.789. The van der Waals surface area contributed by atoms with Crippen LogP contribution >= 0.6 is 11.6 Å². The van der Waals surface area contributed by atoms with Gasteiger partial charge in [0, 0.05) is 22.6 Å². The predicted molar refractivity (Wildman–Crippen MR) is 75.9 cm³/mol. The smallest absolute Gasteiger partial charge is 0.167 e. The van der Waals surface area contributed by atoms with Crippen molar-refractivity contribution in [2.24, 2.45) is 0 Å². The highest BCUT2D eigenvalue weighted by atomic mass is 35.5. The van der Waals surface area contributed by atoms with Crippen molar-refractivity contribution in [1.29, 1.82) is 0 Å². The molecule has 0 atom stereocenters. The van der Waals surface area contributed by atoms with Gasteiger partial charge in [-0.05, 0) is 36.8 Å². The molecule has 2 rings (SSSR count). The summed E-state index contributed by atoms with van der Waals surface area (Å²) in [5.41, 5.74) is 2.19. The second-order valence-corrected chi connectivity index (χ2v) is 4.80. The predicted octanol–water partition coefficient (Wildman–Crippen LogP) is 3.97. The second kappa shape index (κ2) is 5.81. The number of benzene rings is 2. The first-order chi connectivity index (χ1) is 9.06. The van der Waals surface area contributed by atoms with Gasteiger partial charge in [-0.1, -0.05) is 35.9 Å². The van der Waals surface area contributed by atoms with Crippen molar-refractivity contribution in [1.82, 2.24) is 0 Å². The summed E-state index contributed by atoms with van der Waals surface area (Å²) in [6.07, 6.45) is 0.319. The number of rotatable bonds is 4. The van der Waals surface area contributed by atoms with Crippen LogP contribution < -0.4 is 0 Å². The van der Waals surface area contributed by atoms with E-state index >= 15 is 0 Å². The fourth-order valence-electron chi connectivity index (χ4n) is 1.78. The zero-order valence-corrected chi connectivity index (χ0v) is 11.3. The van der Waals surface area contributed by atoms with Crippen LogP contribution in [0.25, 0.3) is 0 Å². The zero-order valence-electron chi connectivity index (χ0n) is 10.5. The Hall–Kier alpha value is -1.93. The highest BCUT2D eigenvalue weighted by molar-refractivity contribution is 6.30. The van der Waals surface area contributed by atoms with Crippen LogP contribution in [-0.2, 0) is 6.42 Å². The van der Waals surface area contributed by atoms with E-state index in [1.165, 1.54) is 6.92 Å². The number of carbonyl (C=O) groups excluding carboxylic acids is 2. The molecule has 0 aliphatic carbocycles. The van der Waals surface area contributed by atoms with Gasteiger partial charge in [-0.15, -0.1) is 0 Å². The lowest BCUT2D eigenvalue weighted by atomic mass is 10.0. The Morgan fingerprint density at radius 1 is 0.895 bits per heavy atom.